The average molecular weight is 1320 g/mol. The number of rotatable bonds is 10. The number of ether oxygens (including phenoxy) is 15. The van der Waals surface area contributed by atoms with Crippen LogP contribution in [-0.2, 0) is 85.1 Å². The molecule has 21 fully saturated rings. The summed E-state index contributed by atoms with van der Waals surface area (Å²) in [5, 5.41) is 202. The predicted octanol–water partition coefficient (Wildman–Crippen LogP) is -10.4. The van der Waals surface area contributed by atoms with Gasteiger partial charge in [-0.15, -0.1) is 0 Å². The lowest BCUT2D eigenvalue weighted by Gasteiger charge is -2.51. The molecule has 20 saturated heterocycles. The van der Waals surface area contributed by atoms with Crippen LogP contribution in [0.4, 0.5) is 0 Å². The highest BCUT2D eigenvalue weighted by Gasteiger charge is 2.61. The molecule has 0 amide bonds. The Bertz CT molecular complexity index is 2270. The quantitative estimate of drug-likeness (QED) is 0.0713. The standard InChI is InChI=1S/C52H88O36Si/c1-15(58)74-42-18-8-17(14-73-89(6,7)52(3,4)5)36(44(42)75-16(2)59)82-46-31(67)25(61)38(20(10-54)78-46)83-47-32(68)26(62)39(21(11-55)79-47)84-48-33(69)27(63)40(22(12-56)80-48)85-49-34(70)28(64)41(23(13-57)81-49)86-51-35(71)29(65)43(45(72)88-51)87-50-30(66)24(60)37(76-18)19(9-53)77-50/h17-51,53-57,60-72H,8-14H2,1-7H3/t17-,18+,19-,20-,21-,22-,23-,24-,25-,26-,27-,28-,29-,30-,31-,32-,33-,34-,35-,36-,37-,38-,39-,40-,41-,42+,43+,44+,45+,46-,47-,48-,49-,50-,51+/m1/s1. The van der Waals surface area contributed by atoms with E-state index in [0.29, 0.717) is 0 Å². The Balaban J connectivity index is 1.15. The molecule has 0 aromatic carbocycles. The number of hydrogen-bond donors (Lipinski definition) is 18. The van der Waals surface area contributed by atoms with Crippen molar-refractivity contribution < 1.29 is 177 Å². The third kappa shape index (κ3) is 15.3. The highest BCUT2D eigenvalue weighted by Crippen LogP contribution is 2.43. The van der Waals surface area contributed by atoms with Gasteiger partial charge >= 0.3 is 11.9 Å². The molecule has 14 bridgehead atoms. The van der Waals surface area contributed by atoms with Crippen LogP contribution in [0.3, 0.4) is 0 Å². The smallest absolute Gasteiger partial charge is 0.303 e. The fraction of sp³-hybridized carbons (Fsp3) is 0.962. The predicted molar refractivity (Wildman–Crippen MR) is 282 cm³/mol. The molecule has 0 aromatic heterocycles. The molecule has 35 atom stereocenters. The fourth-order valence-electron chi connectivity index (χ4n) is 11.8. The molecule has 21 rings (SSSR count). The SMILES string of the molecule is CC(=O)O[C@H]1[C@@H]2O[C@H]3O[C@H](CO)[C@@H](O[C@H]4O[C@H](CO)[C@@H](O[C@H]5O[C@H](CO)[C@@H](O[C@H]6O[C@H](CO)[C@@H](O[C@H]7O[C@H](O)[C@@H](O[C@H]8O[C@H](CO)[C@@H](O[C@@H](C[C@@H]2CO[Si](C)(C)C(C)(C)C)[C@@H]1OC(C)=O)[C@H](O)[C@H]8O)[C@H](O)[C@H]7O)[C@H](O)[C@H]6O)[C@H](O)[C@H]5O)[C@H](O)[C@H]4O)[C@H](O)[C@H]3O. The van der Waals surface area contributed by atoms with Crippen molar-refractivity contribution in [2.24, 2.45) is 5.92 Å². The average Bonchev–Trinajstić information content (AvgIpc) is 2.29. The Labute approximate surface area is 509 Å². The maximum absolute atomic E-state index is 13.2. The normalized spacial score (nSPS) is 49.7. The van der Waals surface area contributed by atoms with Gasteiger partial charge in [-0.3, -0.25) is 9.59 Å². The van der Waals surface area contributed by atoms with Gasteiger partial charge in [0.25, 0.3) is 0 Å². The van der Waals surface area contributed by atoms with Crippen LogP contribution in [0, 0.1) is 5.92 Å². The van der Waals surface area contributed by atoms with E-state index < -0.39 is 273 Å². The van der Waals surface area contributed by atoms with E-state index in [4.69, 9.17) is 75.5 Å². The van der Waals surface area contributed by atoms with Crippen molar-refractivity contribution >= 4 is 20.3 Å². The molecule has 0 spiro atoms. The minimum atomic E-state index is -2.77. The zero-order valence-electron chi connectivity index (χ0n) is 49.6. The van der Waals surface area contributed by atoms with Gasteiger partial charge in [0.05, 0.1) is 39.1 Å². The second-order valence-corrected chi connectivity index (χ2v) is 29.7. The third-order valence-electron chi connectivity index (χ3n) is 17.8. The molecule has 37 heteroatoms. The van der Waals surface area contributed by atoms with Crippen molar-refractivity contribution in [3.05, 3.63) is 0 Å². The van der Waals surface area contributed by atoms with E-state index in [9.17, 15) is 102 Å². The molecular weight excluding hydrogens is 1230 g/mol. The Morgan fingerprint density at radius 2 is 0.652 bits per heavy atom. The van der Waals surface area contributed by atoms with Gasteiger partial charge in [0, 0.05) is 26.4 Å². The molecule has 36 nitrogen and oxygen atoms in total. The van der Waals surface area contributed by atoms with Crippen molar-refractivity contribution in [2.75, 3.05) is 39.6 Å². The van der Waals surface area contributed by atoms with Gasteiger partial charge in [0.1, 0.15) is 146 Å². The molecule has 0 radical (unpaired) electrons. The number of aliphatic hydroxyl groups is 18. The van der Waals surface area contributed by atoms with E-state index >= 15 is 0 Å². The van der Waals surface area contributed by atoms with Gasteiger partial charge in [-0.25, -0.2) is 0 Å². The topological polar surface area (TPSA) is 546 Å². The molecule has 1 saturated carbocycles. The van der Waals surface area contributed by atoms with Crippen LogP contribution in [0.2, 0.25) is 18.1 Å². The molecule has 1 aliphatic carbocycles. The molecule has 20 aliphatic heterocycles. The molecule has 0 unspecified atom stereocenters. The summed E-state index contributed by atoms with van der Waals surface area (Å²) in [6.07, 6.45) is -68.5. The van der Waals surface area contributed by atoms with Crippen LogP contribution < -0.4 is 0 Å². The van der Waals surface area contributed by atoms with E-state index in [-0.39, 0.29) is 13.0 Å². The summed E-state index contributed by atoms with van der Waals surface area (Å²) in [5.74, 6) is -3.09. The third-order valence-corrected chi connectivity index (χ3v) is 22.3. The molecular formula is C52H88O36Si. The van der Waals surface area contributed by atoms with Crippen molar-refractivity contribution in [3.63, 3.8) is 0 Å². The Morgan fingerprint density at radius 3 is 0.955 bits per heavy atom. The van der Waals surface area contributed by atoms with E-state index in [1.165, 1.54) is 0 Å². The maximum atomic E-state index is 13.2. The van der Waals surface area contributed by atoms with Gasteiger partial charge < -0.3 is 167 Å². The van der Waals surface area contributed by atoms with Crippen molar-refractivity contribution in [3.8, 4) is 0 Å². The van der Waals surface area contributed by atoms with Gasteiger partial charge in [-0.05, 0) is 24.6 Å². The van der Waals surface area contributed by atoms with Crippen molar-refractivity contribution in [1.82, 2.24) is 0 Å². The van der Waals surface area contributed by atoms with Crippen LogP contribution in [0.15, 0.2) is 0 Å². The summed E-state index contributed by atoms with van der Waals surface area (Å²) in [5.41, 5.74) is 0. The van der Waals surface area contributed by atoms with Crippen LogP contribution >= 0.6 is 0 Å². The largest absolute Gasteiger partial charge is 0.456 e. The maximum Gasteiger partial charge on any atom is 0.303 e. The second-order valence-electron chi connectivity index (χ2n) is 24.9. The second kappa shape index (κ2) is 29.9. The molecule has 18 N–H and O–H groups in total. The van der Waals surface area contributed by atoms with Gasteiger partial charge in [0.15, 0.2) is 64.6 Å². The Kier molecular flexibility index (Phi) is 24.4. The number of carbonyl (C=O) groups is 2. The summed E-state index contributed by atoms with van der Waals surface area (Å²) in [4.78, 5) is 26.2. The van der Waals surface area contributed by atoms with Crippen LogP contribution in [0.5, 0.6) is 0 Å². The molecule has 20 heterocycles. The summed E-state index contributed by atoms with van der Waals surface area (Å²) in [6, 6.07) is 0. The Morgan fingerprint density at radius 1 is 0.382 bits per heavy atom. The number of carbonyl (C=O) groups excluding carboxylic acids is 2. The first-order valence-electron chi connectivity index (χ1n) is 29.2. The number of aliphatic hydroxyl groups excluding tert-OH is 18. The van der Waals surface area contributed by atoms with Crippen LogP contribution in [0.25, 0.3) is 0 Å². The molecule has 21 aliphatic rings. The first-order chi connectivity index (χ1) is 41.8. The van der Waals surface area contributed by atoms with E-state index in [1.807, 2.05) is 33.9 Å². The van der Waals surface area contributed by atoms with Gasteiger partial charge in [0.2, 0.25) is 0 Å². The fourth-order valence-corrected chi connectivity index (χ4v) is 12.8. The lowest BCUT2D eigenvalue weighted by molar-refractivity contribution is -0.407. The lowest BCUT2D eigenvalue weighted by Crippen LogP contribution is -2.68. The van der Waals surface area contributed by atoms with E-state index in [2.05, 4.69) is 0 Å². The first-order valence-corrected chi connectivity index (χ1v) is 32.1. The number of esters is 2. The summed E-state index contributed by atoms with van der Waals surface area (Å²) in [7, 11) is -2.77. The highest BCUT2D eigenvalue weighted by atomic mass is 28.4. The Hall–Kier alpha value is -2.12. The minimum Gasteiger partial charge on any atom is -0.456 e. The van der Waals surface area contributed by atoms with Gasteiger partial charge in [-0.2, -0.15) is 0 Å². The van der Waals surface area contributed by atoms with Crippen molar-refractivity contribution in [1.29, 1.82) is 0 Å². The molecule has 89 heavy (non-hydrogen) atoms. The number of hydrogen-bond acceptors (Lipinski definition) is 36. The van der Waals surface area contributed by atoms with E-state index in [0.717, 1.165) is 13.8 Å². The monoisotopic (exact) mass is 1320 g/mol. The van der Waals surface area contributed by atoms with Gasteiger partial charge in [-0.1, -0.05) is 20.8 Å². The summed E-state index contributed by atoms with van der Waals surface area (Å²) < 4.78 is 94.4. The van der Waals surface area contributed by atoms with Crippen LogP contribution in [0.1, 0.15) is 41.0 Å². The molecule has 0 aromatic rings. The van der Waals surface area contributed by atoms with E-state index in [1.54, 1.807) is 0 Å². The van der Waals surface area contributed by atoms with Crippen molar-refractivity contribution in [2.45, 2.75) is 268 Å². The lowest BCUT2D eigenvalue weighted by atomic mass is 9.80. The summed E-state index contributed by atoms with van der Waals surface area (Å²) in [6.45, 7) is 6.06. The zero-order valence-corrected chi connectivity index (χ0v) is 50.6. The van der Waals surface area contributed by atoms with Crippen LogP contribution in [-0.4, -0.2) is 361 Å². The molecule has 516 valence electrons. The minimum absolute atomic E-state index is 0.275. The zero-order chi connectivity index (χ0) is 65.6. The highest BCUT2D eigenvalue weighted by molar-refractivity contribution is 6.74. The summed E-state index contributed by atoms with van der Waals surface area (Å²) >= 11 is 0. The first kappa shape index (κ1) is 72.7.